The maximum absolute atomic E-state index is 9.62. The Bertz CT molecular complexity index is 749. The molecule has 0 saturated heterocycles. The quantitative estimate of drug-likeness (QED) is 0.929. The van der Waals surface area contributed by atoms with Gasteiger partial charge in [-0.2, -0.15) is 10.4 Å². The number of ether oxygens (including phenoxy) is 1. The highest BCUT2D eigenvalue weighted by Crippen LogP contribution is 2.38. The summed E-state index contributed by atoms with van der Waals surface area (Å²) in [5, 5.41) is 25.6. The molecule has 0 radical (unpaired) electrons. The van der Waals surface area contributed by atoms with Gasteiger partial charge in [0.05, 0.1) is 42.6 Å². The number of nitriles is 1. The largest absolute Gasteiger partial charge is 0.376 e. The Morgan fingerprint density at radius 1 is 1.33 bits per heavy atom. The van der Waals surface area contributed by atoms with Gasteiger partial charge in [0.25, 0.3) is 0 Å². The number of hydrogen-bond acceptors (Lipinski definition) is 5. The van der Waals surface area contributed by atoms with Crippen LogP contribution in [0.3, 0.4) is 0 Å². The zero-order chi connectivity index (χ0) is 16.4. The van der Waals surface area contributed by atoms with Crippen LogP contribution in [0, 0.1) is 16.7 Å². The van der Waals surface area contributed by atoms with E-state index in [2.05, 4.69) is 26.6 Å². The smallest absolute Gasteiger partial charge is 0.0895 e. The number of nitrogens with zero attached hydrogens (tertiary/aromatic N) is 5. The van der Waals surface area contributed by atoms with Crippen LogP contribution in [-0.2, 0) is 30.7 Å². The highest BCUT2D eigenvalue weighted by molar-refractivity contribution is 5.26. The Morgan fingerprint density at radius 3 is 3.04 bits per heavy atom. The molecule has 7 heteroatoms. The van der Waals surface area contributed by atoms with E-state index in [0.29, 0.717) is 19.6 Å². The van der Waals surface area contributed by atoms with Crippen molar-refractivity contribution < 1.29 is 4.74 Å². The molecular weight excluding hydrogens is 304 g/mol. The molecule has 1 aliphatic carbocycles. The second kappa shape index (κ2) is 6.36. The first-order valence-electron chi connectivity index (χ1n) is 8.71. The number of rotatable bonds is 4. The van der Waals surface area contributed by atoms with Crippen LogP contribution in [-0.4, -0.2) is 31.8 Å². The Labute approximate surface area is 141 Å². The maximum atomic E-state index is 9.62. The molecule has 0 unspecified atom stereocenters. The van der Waals surface area contributed by atoms with Gasteiger partial charge < -0.3 is 4.74 Å². The molecule has 0 aromatic carbocycles. The van der Waals surface area contributed by atoms with Gasteiger partial charge in [0.1, 0.15) is 0 Å². The highest BCUT2D eigenvalue weighted by atomic mass is 16.5. The van der Waals surface area contributed by atoms with Crippen LogP contribution < -0.4 is 0 Å². The number of aromatic amines is 1. The molecule has 1 N–H and O–H groups in total. The third-order valence-electron chi connectivity index (χ3n) is 5.25. The van der Waals surface area contributed by atoms with E-state index in [-0.39, 0.29) is 5.41 Å². The van der Waals surface area contributed by atoms with Crippen LogP contribution in [0.1, 0.15) is 54.7 Å². The second-order valence-corrected chi connectivity index (χ2v) is 6.97. The van der Waals surface area contributed by atoms with Crippen LogP contribution in [0.2, 0.25) is 0 Å². The topological polar surface area (TPSA) is 92.4 Å². The van der Waals surface area contributed by atoms with Crippen molar-refractivity contribution >= 4 is 0 Å². The fourth-order valence-electron chi connectivity index (χ4n) is 3.85. The van der Waals surface area contributed by atoms with Gasteiger partial charge in [0, 0.05) is 30.3 Å². The molecule has 1 aliphatic heterocycles. The van der Waals surface area contributed by atoms with Crippen LogP contribution in [0.4, 0.5) is 0 Å². The van der Waals surface area contributed by atoms with Crippen LogP contribution in [0.5, 0.6) is 0 Å². The lowest BCUT2D eigenvalue weighted by atomic mass is 9.72. The lowest BCUT2D eigenvalue weighted by Gasteiger charge is -2.29. The zero-order valence-corrected chi connectivity index (χ0v) is 13.8. The van der Waals surface area contributed by atoms with Crippen LogP contribution >= 0.6 is 0 Å². The molecule has 0 bridgehead atoms. The first kappa shape index (κ1) is 15.3. The van der Waals surface area contributed by atoms with Gasteiger partial charge in [-0.3, -0.25) is 5.10 Å². The summed E-state index contributed by atoms with van der Waals surface area (Å²) >= 11 is 0. The Kier molecular flexibility index (Phi) is 4.07. The summed E-state index contributed by atoms with van der Waals surface area (Å²) in [4.78, 5) is 0. The summed E-state index contributed by atoms with van der Waals surface area (Å²) in [6, 6.07) is 2.55. The predicted octanol–water partition coefficient (Wildman–Crippen LogP) is 2.14. The molecule has 7 nitrogen and oxygen atoms in total. The first-order valence-corrected chi connectivity index (χ1v) is 8.71. The summed E-state index contributed by atoms with van der Waals surface area (Å²) in [6.07, 6.45) is 9.01. The van der Waals surface area contributed by atoms with Crippen LogP contribution in [0.25, 0.3) is 0 Å². The van der Waals surface area contributed by atoms with E-state index in [1.54, 1.807) is 0 Å². The summed E-state index contributed by atoms with van der Waals surface area (Å²) in [5.41, 5.74) is 3.94. The normalized spacial score (nSPS) is 19.6. The summed E-state index contributed by atoms with van der Waals surface area (Å²) in [6.45, 7) is 1.94. The highest BCUT2D eigenvalue weighted by Gasteiger charge is 2.33. The van der Waals surface area contributed by atoms with Crippen molar-refractivity contribution in [2.75, 3.05) is 6.61 Å². The molecule has 0 atom stereocenters. The lowest BCUT2D eigenvalue weighted by molar-refractivity contribution is 0.109. The molecule has 2 aromatic rings. The van der Waals surface area contributed by atoms with Crippen molar-refractivity contribution in [2.24, 2.45) is 5.41 Å². The monoisotopic (exact) mass is 326 g/mol. The van der Waals surface area contributed by atoms with Gasteiger partial charge in [0.2, 0.25) is 0 Å². The van der Waals surface area contributed by atoms with E-state index in [1.807, 2.05) is 10.9 Å². The van der Waals surface area contributed by atoms with Crippen molar-refractivity contribution in [1.29, 1.82) is 5.26 Å². The second-order valence-electron chi connectivity index (χ2n) is 6.97. The van der Waals surface area contributed by atoms with E-state index in [0.717, 1.165) is 55.7 Å². The number of aromatic nitrogens is 5. The molecule has 24 heavy (non-hydrogen) atoms. The van der Waals surface area contributed by atoms with Gasteiger partial charge in [0.15, 0.2) is 0 Å². The number of nitrogens with one attached hydrogen (secondary N) is 1. The average molecular weight is 326 g/mol. The van der Waals surface area contributed by atoms with Crippen molar-refractivity contribution in [3.05, 3.63) is 28.8 Å². The molecule has 2 aromatic heterocycles. The van der Waals surface area contributed by atoms with Gasteiger partial charge >= 0.3 is 0 Å². The molecule has 1 saturated carbocycles. The van der Waals surface area contributed by atoms with Crippen molar-refractivity contribution in [2.45, 2.75) is 58.1 Å². The molecule has 3 heterocycles. The third-order valence-corrected chi connectivity index (χ3v) is 5.25. The molecule has 0 spiro atoms. The fraction of sp³-hybridized carbons (Fsp3) is 0.647. The minimum atomic E-state index is -0.252. The molecular formula is C17H22N6O. The standard InChI is InChI=1S/C17H22N6O/c18-12-17(5-2-1-3-6-17)8-13-9-23(22-19-13)10-16-14-11-24-7-4-15(14)20-21-16/h9H,1-8,10-11H2,(H,20,21). The van der Waals surface area contributed by atoms with Crippen molar-refractivity contribution in [3.8, 4) is 6.07 Å². The lowest BCUT2D eigenvalue weighted by Crippen LogP contribution is -2.25. The summed E-state index contributed by atoms with van der Waals surface area (Å²) in [7, 11) is 0. The molecule has 4 rings (SSSR count). The predicted molar refractivity (Wildman–Crippen MR) is 85.9 cm³/mol. The van der Waals surface area contributed by atoms with Crippen LogP contribution in [0.15, 0.2) is 6.20 Å². The van der Waals surface area contributed by atoms with E-state index < -0.39 is 0 Å². The Morgan fingerprint density at radius 2 is 2.21 bits per heavy atom. The first-order chi connectivity index (χ1) is 11.8. The number of fused-ring (bicyclic) bond motifs is 1. The van der Waals surface area contributed by atoms with Gasteiger partial charge in [-0.1, -0.05) is 24.5 Å². The molecule has 1 fully saturated rings. The number of H-pyrrole nitrogens is 1. The molecule has 2 aliphatic rings. The minimum Gasteiger partial charge on any atom is -0.376 e. The third kappa shape index (κ3) is 2.94. The van der Waals surface area contributed by atoms with Crippen molar-refractivity contribution in [3.63, 3.8) is 0 Å². The zero-order valence-electron chi connectivity index (χ0n) is 13.8. The minimum absolute atomic E-state index is 0.252. The maximum Gasteiger partial charge on any atom is 0.0895 e. The fourth-order valence-corrected chi connectivity index (χ4v) is 3.85. The van der Waals surface area contributed by atoms with Crippen molar-refractivity contribution in [1.82, 2.24) is 25.2 Å². The summed E-state index contributed by atoms with van der Waals surface area (Å²) < 4.78 is 7.34. The molecule has 0 amide bonds. The van der Waals surface area contributed by atoms with E-state index >= 15 is 0 Å². The SMILES string of the molecule is N#CC1(Cc2cn(Cc3n[nH]c4c3COCC4)nn2)CCCCC1. The average Bonchev–Trinajstić information content (AvgIpc) is 3.23. The van der Waals surface area contributed by atoms with E-state index in [1.165, 1.54) is 12.1 Å². The Balaban J connectivity index is 1.47. The molecule has 126 valence electrons. The van der Waals surface area contributed by atoms with E-state index in [4.69, 9.17) is 4.74 Å². The van der Waals surface area contributed by atoms with Gasteiger partial charge in [-0.25, -0.2) is 4.68 Å². The van der Waals surface area contributed by atoms with Gasteiger partial charge in [-0.05, 0) is 12.8 Å². The van der Waals surface area contributed by atoms with E-state index in [9.17, 15) is 5.26 Å². The number of hydrogen-bond donors (Lipinski definition) is 1. The Hall–Kier alpha value is -2.20. The summed E-state index contributed by atoms with van der Waals surface area (Å²) in [5.74, 6) is 0. The van der Waals surface area contributed by atoms with Gasteiger partial charge in [-0.15, -0.1) is 5.10 Å².